The topological polar surface area (TPSA) is 20.2 Å². The fourth-order valence-electron chi connectivity index (χ4n) is 2.65. The molecule has 0 radical (unpaired) electrons. The van der Waals surface area contributed by atoms with Gasteiger partial charge in [-0.2, -0.15) is 0 Å². The summed E-state index contributed by atoms with van der Waals surface area (Å²) in [6.45, 7) is 2.10. The minimum Gasteiger partial charge on any atom is -0.508 e. The first-order valence-electron chi connectivity index (χ1n) is 7.62. The van der Waals surface area contributed by atoms with E-state index >= 15 is 0 Å². The molecule has 0 heterocycles. The third-order valence-electron chi connectivity index (χ3n) is 3.91. The van der Waals surface area contributed by atoms with E-state index in [9.17, 15) is 5.11 Å². The fraction of sp³-hybridized carbons (Fsp3) is 0.143. The van der Waals surface area contributed by atoms with Crippen LogP contribution in [0.25, 0.3) is 11.1 Å². The summed E-state index contributed by atoms with van der Waals surface area (Å²) in [4.78, 5) is 0. The highest BCUT2D eigenvalue weighted by atomic mass is 16.3. The Morgan fingerprint density at radius 2 is 1.55 bits per heavy atom. The van der Waals surface area contributed by atoms with Crippen molar-refractivity contribution in [2.75, 3.05) is 0 Å². The maximum Gasteiger partial charge on any atom is 0.115 e. The maximum absolute atomic E-state index is 9.69. The normalized spacial score (nSPS) is 14.2. The molecule has 0 saturated heterocycles. The molecule has 0 aliphatic heterocycles. The van der Waals surface area contributed by atoms with Gasteiger partial charge in [-0.05, 0) is 48.6 Å². The summed E-state index contributed by atoms with van der Waals surface area (Å²) in [5.41, 5.74) is 6.26. The van der Waals surface area contributed by atoms with Gasteiger partial charge in [0.2, 0.25) is 0 Å². The van der Waals surface area contributed by atoms with Gasteiger partial charge < -0.3 is 5.11 Å². The third kappa shape index (κ3) is 3.56. The third-order valence-corrected chi connectivity index (χ3v) is 3.91. The predicted molar refractivity (Wildman–Crippen MR) is 92.9 cm³/mol. The SMILES string of the molecule is Cc1ccc(-c2ccc(CC3=CC(O)=CC=CC3)cc2)cc1. The summed E-state index contributed by atoms with van der Waals surface area (Å²) in [5, 5.41) is 9.69. The molecule has 0 fully saturated rings. The van der Waals surface area contributed by atoms with Crippen LogP contribution < -0.4 is 0 Å². The summed E-state index contributed by atoms with van der Waals surface area (Å²) < 4.78 is 0. The first-order valence-corrected chi connectivity index (χ1v) is 7.62. The highest BCUT2D eigenvalue weighted by molar-refractivity contribution is 5.64. The zero-order valence-electron chi connectivity index (χ0n) is 12.8. The van der Waals surface area contributed by atoms with Crippen LogP contribution >= 0.6 is 0 Å². The average Bonchev–Trinajstić information content (AvgIpc) is 2.73. The smallest absolute Gasteiger partial charge is 0.115 e. The molecule has 0 atom stereocenters. The Labute approximate surface area is 131 Å². The van der Waals surface area contributed by atoms with Crippen LogP contribution in [0.15, 0.2) is 84.2 Å². The van der Waals surface area contributed by atoms with Crippen molar-refractivity contribution in [2.45, 2.75) is 19.8 Å². The van der Waals surface area contributed by atoms with E-state index in [1.807, 2.05) is 12.2 Å². The van der Waals surface area contributed by atoms with E-state index in [-0.39, 0.29) is 0 Å². The molecule has 0 spiro atoms. The van der Waals surface area contributed by atoms with Crippen molar-refractivity contribution in [1.82, 2.24) is 0 Å². The summed E-state index contributed by atoms with van der Waals surface area (Å²) in [7, 11) is 0. The summed E-state index contributed by atoms with van der Waals surface area (Å²) in [6, 6.07) is 17.3. The Balaban J connectivity index is 1.76. The molecular formula is C21H20O. The van der Waals surface area contributed by atoms with Crippen LogP contribution in [0.4, 0.5) is 0 Å². The largest absolute Gasteiger partial charge is 0.508 e. The molecule has 22 heavy (non-hydrogen) atoms. The van der Waals surface area contributed by atoms with E-state index in [1.165, 1.54) is 27.8 Å². The van der Waals surface area contributed by atoms with E-state index in [4.69, 9.17) is 0 Å². The first-order chi connectivity index (χ1) is 10.7. The molecule has 110 valence electrons. The lowest BCUT2D eigenvalue weighted by Crippen LogP contribution is -1.91. The Kier molecular flexibility index (Phi) is 4.24. The van der Waals surface area contributed by atoms with Gasteiger partial charge in [-0.3, -0.25) is 0 Å². The van der Waals surface area contributed by atoms with E-state index < -0.39 is 0 Å². The molecule has 0 amide bonds. The van der Waals surface area contributed by atoms with Gasteiger partial charge in [-0.1, -0.05) is 71.8 Å². The Morgan fingerprint density at radius 1 is 0.909 bits per heavy atom. The second-order valence-corrected chi connectivity index (χ2v) is 5.77. The van der Waals surface area contributed by atoms with Crippen molar-refractivity contribution >= 4 is 0 Å². The molecule has 2 aromatic rings. The molecule has 0 aromatic heterocycles. The molecule has 1 aliphatic carbocycles. The van der Waals surface area contributed by atoms with Gasteiger partial charge in [0.15, 0.2) is 0 Å². The van der Waals surface area contributed by atoms with Gasteiger partial charge >= 0.3 is 0 Å². The quantitative estimate of drug-likeness (QED) is 0.787. The van der Waals surface area contributed by atoms with Crippen LogP contribution in [0.2, 0.25) is 0 Å². The van der Waals surface area contributed by atoms with E-state index in [1.54, 1.807) is 6.08 Å². The van der Waals surface area contributed by atoms with Crippen LogP contribution in [-0.2, 0) is 6.42 Å². The van der Waals surface area contributed by atoms with Crippen molar-refractivity contribution in [3.05, 3.63) is 95.3 Å². The van der Waals surface area contributed by atoms with Crippen LogP contribution in [0.5, 0.6) is 0 Å². The Bertz CT molecular complexity index is 728. The van der Waals surface area contributed by atoms with Gasteiger partial charge in [-0.15, -0.1) is 0 Å². The van der Waals surface area contributed by atoms with Gasteiger partial charge in [-0.25, -0.2) is 0 Å². The highest BCUT2D eigenvalue weighted by Crippen LogP contribution is 2.22. The van der Waals surface area contributed by atoms with Crippen LogP contribution in [0.3, 0.4) is 0 Å². The molecule has 1 aliphatic rings. The Hall–Kier alpha value is -2.54. The Morgan fingerprint density at radius 3 is 2.23 bits per heavy atom. The van der Waals surface area contributed by atoms with Crippen molar-refractivity contribution < 1.29 is 5.11 Å². The van der Waals surface area contributed by atoms with Crippen molar-refractivity contribution in [1.29, 1.82) is 0 Å². The number of allylic oxidation sites excluding steroid dienone is 5. The van der Waals surface area contributed by atoms with Crippen LogP contribution in [0.1, 0.15) is 17.5 Å². The number of hydrogen-bond donors (Lipinski definition) is 1. The van der Waals surface area contributed by atoms with Crippen molar-refractivity contribution in [3.8, 4) is 11.1 Å². The van der Waals surface area contributed by atoms with E-state index in [0.717, 1.165) is 12.8 Å². The second-order valence-electron chi connectivity index (χ2n) is 5.77. The zero-order chi connectivity index (χ0) is 15.4. The molecule has 1 heteroatoms. The highest BCUT2D eigenvalue weighted by Gasteiger charge is 2.03. The fourth-order valence-corrected chi connectivity index (χ4v) is 2.65. The van der Waals surface area contributed by atoms with Gasteiger partial charge in [0.05, 0.1) is 0 Å². The lowest BCUT2D eigenvalue weighted by atomic mass is 9.98. The second kappa shape index (κ2) is 6.48. The average molecular weight is 288 g/mol. The lowest BCUT2D eigenvalue weighted by molar-refractivity contribution is 0.432. The summed E-state index contributed by atoms with van der Waals surface area (Å²) in [6.07, 6.45) is 9.34. The monoisotopic (exact) mass is 288 g/mol. The van der Waals surface area contributed by atoms with Crippen LogP contribution in [0, 0.1) is 6.92 Å². The molecular weight excluding hydrogens is 268 g/mol. The van der Waals surface area contributed by atoms with Crippen molar-refractivity contribution in [2.24, 2.45) is 0 Å². The first kappa shape index (κ1) is 14.4. The zero-order valence-corrected chi connectivity index (χ0v) is 12.8. The molecule has 3 rings (SSSR count). The number of benzene rings is 2. The number of aliphatic hydroxyl groups is 1. The van der Waals surface area contributed by atoms with Crippen LogP contribution in [-0.4, -0.2) is 5.11 Å². The molecule has 2 aromatic carbocycles. The minimum absolute atomic E-state index is 0.333. The number of aryl methyl sites for hydroxylation is 1. The number of aliphatic hydroxyl groups excluding tert-OH is 1. The maximum atomic E-state index is 9.69. The summed E-state index contributed by atoms with van der Waals surface area (Å²) >= 11 is 0. The van der Waals surface area contributed by atoms with E-state index in [0.29, 0.717) is 5.76 Å². The summed E-state index contributed by atoms with van der Waals surface area (Å²) in [5.74, 6) is 0.333. The number of rotatable bonds is 3. The number of hydrogen-bond acceptors (Lipinski definition) is 1. The van der Waals surface area contributed by atoms with E-state index in [2.05, 4.69) is 61.5 Å². The molecule has 0 unspecified atom stereocenters. The molecule has 1 N–H and O–H groups in total. The minimum atomic E-state index is 0.333. The van der Waals surface area contributed by atoms with Gasteiger partial charge in [0.1, 0.15) is 5.76 Å². The molecule has 0 bridgehead atoms. The predicted octanol–water partition coefficient (Wildman–Crippen LogP) is 5.53. The standard InChI is InChI=1S/C21H20O/c1-16-6-10-19(11-7-16)20-12-8-17(9-13-20)14-18-4-2-3-5-21(22)15-18/h2-3,5-13,15,22H,4,14H2,1H3. The van der Waals surface area contributed by atoms with Gasteiger partial charge in [0.25, 0.3) is 0 Å². The molecule has 1 nitrogen and oxygen atoms in total. The van der Waals surface area contributed by atoms with Gasteiger partial charge in [0, 0.05) is 0 Å². The molecule has 0 saturated carbocycles. The lowest BCUT2D eigenvalue weighted by Gasteiger charge is -2.07. The van der Waals surface area contributed by atoms with Crippen molar-refractivity contribution in [3.63, 3.8) is 0 Å².